The lowest BCUT2D eigenvalue weighted by molar-refractivity contribution is -0.115. The van der Waals surface area contributed by atoms with Crippen molar-refractivity contribution in [3.63, 3.8) is 0 Å². The van der Waals surface area contributed by atoms with Gasteiger partial charge in [-0.15, -0.1) is 0 Å². The molecule has 170 valence electrons. The molecule has 9 heteroatoms. The summed E-state index contributed by atoms with van der Waals surface area (Å²) in [6.45, 7) is 0.198. The van der Waals surface area contributed by atoms with E-state index < -0.39 is 15.9 Å². The third-order valence-corrected chi connectivity index (χ3v) is 6.13. The Kier molecular flexibility index (Phi) is 8.31. The highest BCUT2D eigenvalue weighted by atomic mass is 32.2. The van der Waals surface area contributed by atoms with E-state index in [1.807, 2.05) is 42.5 Å². The van der Waals surface area contributed by atoms with Gasteiger partial charge >= 0.3 is 0 Å². The molecule has 0 unspecified atom stereocenters. The number of hydrogen-bond donors (Lipinski definition) is 3. The number of carbonyl (C=O) groups excluding carboxylic acids is 1. The molecule has 0 atom stereocenters. The number of rotatable bonds is 8. The topological polar surface area (TPSA) is 96.5 Å². The molecule has 0 saturated carbocycles. The minimum absolute atomic E-state index is 0.0946. The van der Waals surface area contributed by atoms with E-state index in [1.165, 1.54) is 18.2 Å². The number of nitrogens with one attached hydrogen (secondary N) is 3. The van der Waals surface area contributed by atoms with E-state index in [9.17, 15) is 13.2 Å². The Balaban J connectivity index is 1.51. The maximum atomic E-state index is 12.5. The van der Waals surface area contributed by atoms with Crippen LogP contribution in [-0.4, -0.2) is 26.5 Å². The number of amides is 1. The molecule has 7 nitrogen and oxygen atoms in total. The van der Waals surface area contributed by atoms with Crippen molar-refractivity contribution in [1.82, 2.24) is 10.0 Å². The van der Waals surface area contributed by atoms with Crippen molar-refractivity contribution in [1.29, 1.82) is 0 Å². The summed E-state index contributed by atoms with van der Waals surface area (Å²) in [6.07, 6.45) is 3.02. The maximum absolute atomic E-state index is 12.5. The summed E-state index contributed by atoms with van der Waals surface area (Å²) in [4.78, 5) is 12.2. The van der Waals surface area contributed by atoms with E-state index in [0.29, 0.717) is 5.69 Å². The first kappa shape index (κ1) is 24.1. The van der Waals surface area contributed by atoms with Crippen LogP contribution in [0.2, 0.25) is 0 Å². The zero-order chi connectivity index (χ0) is 23.7. The Morgan fingerprint density at radius 1 is 0.970 bits per heavy atom. The molecule has 0 fully saturated rings. The molecule has 0 radical (unpaired) electrons. The van der Waals surface area contributed by atoms with Crippen molar-refractivity contribution in [2.24, 2.45) is 0 Å². The smallest absolute Gasteiger partial charge is 0.250 e. The number of thiocarbonyl (C=S) groups is 1. The summed E-state index contributed by atoms with van der Waals surface area (Å²) in [7, 11) is -2.07. The molecule has 0 heterocycles. The highest BCUT2D eigenvalue weighted by molar-refractivity contribution is 7.89. The van der Waals surface area contributed by atoms with Crippen molar-refractivity contribution < 1.29 is 17.9 Å². The second-order valence-electron chi connectivity index (χ2n) is 6.88. The van der Waals surface area contributed by atoms with E-state index >= 15 is 0 Å². The molecule has 0 spiro atoms. The first-order valence-corrected chi connectivity index (χ1v) is 11.8. The predicted octanol–water partition coefficient (Wildman–Crippen LogP) is 3.70. The van der Waals surface area contributed by atoms with Crippen molar-refractivity contribution in [2.45, 2.75) is 11.4 Å². The molecule has 33 heavy (non-hydrogen) atoms. The van der Waals surface area contributed by atoms with Gasteiger partial charge in [0, 0.05) is 18.3 Å². The zero-order valence-corrected chi connectivity index (χ0v) is 19.4. The minimum atomic E-state index is -3.66. The Bertz CT molecular complexity index is 1220. The summed E-state index contributed by atoms with van der Waals surface area (Å²) in [5, 5.41) is 5.49. The quantitative estimate of drug-likeness (QED) is 0.335. The number of hydrogen-bond acceptors (Lipinski definition) is 5. The number of ether oxygens (including phenoxy) is 1. The van der Waals surface area contributed by atoms with Crippen LogP contribution in [0.1, 0.15) is 11.1 Å². The molecular formula is C24H23N3O4S2. The van der Waals surface area contributed by atoms with Crippen LogP contribution in [-0.2, 0) is 21.4 Å². The summed E-state index contributed by atoms with van der Waals surface area (Å²) in [6, 6.07) is 22.6. The predicted molar refractivity (Wildman–Crippen MR) is 133 cm³/mol. The molecule has 0 aromatic heterocycles. The van der Waals surface area contributed by atoms with Gasteiger partial charge in [-0.05, 0) is 65.8 Å². The molecule has 0 aliphatic rings. The third-order valence-electron chi connectivity index (χ3n) is 4.51. The normalized spacial score (nSPS) is 11.2. The first-order chi connectivity index (χ1) is 15.9. The molecule has 0 aliphatic carbocycles. The Labute approximate surface area is 198 Å². The Morgan fingerprint density at radius 2 is 1.64 bits per heavy atom. The van der Waals surface area contributed by atoms with Gasteiger partial charge in [0.25, 0.3) is 0 Å². The number of methoxy groups -OCH3 is 1. The molecule has 0 saturated heterocycles. The molecule has 3 rings (SSSR count). The summed E-state index contributed by atoms with van der Waals surface area (Å²) in [5.41, 5.74) is 2.24. The molecule has 3 aromatic rings. The summed E-state index contributed by atoms with van der Waals surface area (Å²) >= 11 is 5.15. The van der Waals surface area contributed by atoms with Crippen LogP contribution in [0.5, 0.6) is 5.75 Å². The molecular weight excluding hydrogens is 458 g/mol. The van der Waals surface area contributed by atoms with Crippen LogP contribution < -0.4 is 20.1 Å². The highest BCUT2D eigenvalue weighted by Gasteiger charge is 2.13. The van der Waals surface area contributed by atoms with E-state index in [-0.39, 0.29) is 16.6 Å². The fourth-order valence-corrected chi connectivity index (χ4v) is 4.01. The van der Waals surface area contributed by atoms with Gasteiger partial charge in [-0.25, -0.2) is 13.1 Å². The van der Waals surface area contributed by atoms with E-state index in [1.54, 1.807) is 37.5 Å². The van der Waals surface area contributed by atoms with Gasteiger partial charge in [-0.1, -0.05) is 42.5 Å². The van der Waals surface area contributed by atoms with Crippen molar-refractivity contribution >= 4 is 45.0 Å². The average molecular weight is 482 g/mol. The van der Waals surface area contributed by atoms with Crippen LogP contribution in [0.25, 0.3) is 6.08 Å². The number of carbonyl (C=O) groups is 1. The first-order valence-electron chi connectivity index (χ1n) is 9.93. The number of sulfonamides is 1. The standard InChI is InChI=1S/C24H23N3O4S2/c1-31-21-12-7-18(8-13-21)9-16-23(28)27-24(32)26-20-10-14-22(15-11-20)33(29,30)25-17-19-5-3-2-4-6-19/h2-16,25H,17H2,1H3,(H2,26,27,28,32)/b16-9+. The zero-order valence-electron chi connectivity index (χ0n) is 17.8. The Morgan fingerprint density at radius 3 is 2.27 bits per heavy atom. The van der Waals surface area contributed by atoms with Gasteiger partial charge in [-0.2, -0.15) is 0 Å². The van der Waals surface area contributed by atoms with E-state index in [0.717, 1.165) is 16.9 Å². The lowest BCUT2D eigenvalue weighted by Gasteiger charge is -2.10. The largest absolute Gasteiger partial charge is 0.497 e. The maximum Gasteiger partial charge on any atom is 0.250 e. The number of anilines is 1. The van der Waals surface area contributed by atoms with Gasteiger partial charge in [0.15, 0.2) is 5.11 Å². The van der Waals surface area contributed by atoms with Crippen LogP contribution in [0, 0.1) is 0 Å². The minimum Gasteiger partial charge on any atom is -0.497 e. The van der Waals surface area contributed by atoms with Crippen molar-refractivity contribution in [3.8, 4) is 5.75 Å². The Hall–Kier alpha value is -3.53. The lowest BCUT2D eigenvalue weighted by Crippen LogP contribution is -2.32. The van der Waals surface area contributed by atoms with Gasteiger partial charge in [0.2, 0.25) is 15.9 Å². The van der Waals surface area contributed by atoms with Crippen LogP contribution in [0.4, 0.5) is 5.69 Å². The van der Waals surface area contributed by atoms with Crippen molar-refractivity contribution in [2.75, 3.05) is 12.4 Å². The van der Waals surface area contributed by atoms with Gasteiger partial charge in [0.1, 0.15) is 5.75 Å². The SMILES string of the molecule is COc1ccc(/C=C/C(=O)NC(=S)Nc2ccc(S(=O)(=O)NCc3ccccc3)cc2)cc1. The fraction of sp³-hybridized carbons (Fsp3) is 0.0833. The molecule has 3 aromatic carbocycles. The van der Waals surface area contributed by atoms with Crippen LogP contribution in [0.15, 0.2) is 89.8 Å². The van der Waals surface area contributed by atoms with E-state index in [2.05, 4.69) is 15.4 Å². The van der Waals surface area contributed by atoms with Gasteiger partial charge in [-0.3, -0.25) is 10.1 Å². The lowest BCUT2D eigenvalue weighted by atomic mass is 10.2. The number of benzene rings is 3. The average Bonchev–Trinajstić information content (AvgIpc) is 2.83. The molecule has 0 aliphatic heterocycles. The summed E-state index contributed by atoms with van der Waals surface area (Å²) < 4.78 is 32.6. The molecule has 3 N–H and O–H groups in total. The highest BCUT2D eigenvalue weighted by Crippen LogP contribution is 2.15. The second-order valence-corrected chi connectivity index (χ2v) is 9.06. The van der Waals surface area contributed by atoms with Gasteiger partial charge < -0.3 is 10.1 Å². The third kappa shape index (κ3) is 7.53. The second kappa shape index (κ2) is 11.4. The van der Waals surface area contributed by atoms with Crippen LogP contribution in [0.3, 0.4) is 0 Å². The fourth-order valence-electron chi connectivity index (χ4n) is 2.78. The van der Waals surface area contributed by atoms with E-state index in [4.69, 9.17) is 17.0 Å². The van der Waals surface area contributed by atoms with Crippen molar-refractivity contribution in [3.05, 3.63) is 96.1 Å². The monoisotopic (exact) mass is 481 g/mol. The molecule has 0 bridgehead atoms. The van der Waals surface area contributed by atoms with Gasteiger partial charge in [0.05, 0.1) is 12.0 Å². The van der Waals surface area contributed by atoms with Crippen LogP contribution >= 0.6 is 12.2 Å². The molecule has 1 amide bonds. The summed E-state index contributed by atoms with van der Waals surface area (Å²) in [5.74, 6) is 0.334.